The number of aromatic amines is 1. The number of hydrogen-bond donors (Lipinski definition) is 1. The minimum absolute atomic E-state index is 0.991. The molecule has 0 bridgehead atoms. The van der Waals surface area contributed by atoms with E-state index < -0.39 is 0 Å². The highest BCUT2D eigenvalue weighted by Crippen LogP contribution is 2.21. The zero-order valence-corrected chi connectivity index (χ0v) is 24.7. The zero-order valence-electron chi connectivity index (χ0n) is 24.7. The molecule has 0 saturated carbocycles. The van der Waals surface area contributed by atoms with Crippen molar-refractivity contribution in [1.82, 2.24) is 20.3 Å². The van der Waals surface area contributed by atoms with Crippen LogP contribution in [0.1, 0.15) is 141 Å². The molecule has 0 radical (unpaired) electrons. The molecule has 0 aliphatic rings. The number of aryl methyl sites for hydroxylation is 1. The maximum absolute atomic E-state index is 4.41. The summed E-state index contributed by atoms with van der Waals surface area (Å²) < 4.78 is 0. The lowest BCUT2D eigenvalue weighted by molar-refractivity contribution is 0.262. The van der Waals surface area contributed by atoms with Crippen molar-refractivity contribution < 1.29 is 0 Å². The van der Waals surface area contributed by atoms with Crippen molar-refractivity contribution in [3.63, 3.8) is 0 Å². The van der Waals surface area contributed by atoms with E-state index in [9.17, 15) is 0 Å². The van der Waals surface area contributed by atoms with Crippen LogP contribution in [0.5, 0.6) is 0 Å². The molecule has 1 heterocycles. The Morgan fingerprint density at radius 3 is 1.54 bits per heavy atom. The summed E-state index contributed by atoms with van der Waals surface area (Å²) in [4.78, 5) is 2.71. The van der Waals surface area contributed by atoms with Crippen molar-refractivity contribution in [3.8, 4) is 11.3 Å². The first-order valence-electron chi connectivity index (χ1n) is 15.9. The fourth-order valence-electron chi connectivity index (χ4n) is 5.26. The second-order valence-corrected chi connectivity index (χ2v) is 11.3. The van der Waals surface area contributed by atoms with Crippen LogP contribution in [0, 0.1) is 6.92 Å². The lowest BCUT2D eigenvalue weighted by Gasteiger charge is -2.22. The van der Waals surface area contributed by atoms with Crippen LogP contribution in [-0.4, -0.2) is 39.9 Å². The Morgan fingerprint density at radius 2 is 1.05 bits per heavy atom. The standard InChI is InChI=1S/C33H58N4/c1-4-6-8-10-12-14-16-18-20-27-37(28-21-19-17-15-13-11-9-7-5-2)29-26-32-33(35-36-34-32)31-24-22-30(3)23-25-31/h22-25H,4-21,26-29H2,1-3H3,(H,34,35,36). The predicted molar refractivity (Wildman–Crippen MR) is 161 cm³/mol. The van der Waals surface area contributed by atoms with Crippen LogP contribution >= 0.6 is 0 Å². The van der Waals surface area contributed by atoms with E-state index in [0.717, 1.165) is 18.7 Å². The zero-order chi connectivity index (χ0) is 26.4. The monoisotopic (exact) mass is 510 g/mol. The first kappa shape index (κ1) is 31.5. The summed E-state index contributed by atoms with van der Waals surface area (Å²) in [5, 5.41) is 11.8. The molecule has 4 nitrogen and oxygen atoms in total. The Balaban J connectivity index is 1.73. The third kappa shape index (κ3) is 14.7. The predicted octanol–water partition coefficient (Wildman–Crippen LogP) is 9.69. The Bertz CT molecular complexity index is 745. The van der Waals surface area contributed by atoms with Crippen LogP contribution in [0.3, 0.4) is 0 Å². The molecular formula is C33H58N4. The average Bonchev–Trinajstić information content (AvgIpc) is 3.38. The normalized spacial score (nSPS) is 11.6. The smallest absolute Gasteiger partial charge is 0.116 e. The summed E-state index contributed by atoms with van der Waals surface area (Å²) in [5.41, 5.74) is 4.64. The third-order valence-corrected chi connectivity index (χ3v) is 7.78. The highest BCUT2D eigenvalue weighted by Gasteiger charge is 2.12. The molecule has 0 atom stereocenters. The van der Waals surface area contributed by atoms with E-state index in [1.165, 1.54) is 145 Å². The molecule has 1 aromatic carbocycles. The lowest BCUT2D eigenvalue weighted by Crippen LogP contribution is -2.28. The summed E-state index contributed by atoms with van der Waals surface area (Å²) in [5.74, 6) is 0. The quantitative estimate of drug-likeness (QED) is 0.143. The van der Waals surface area contributed by atoms with Crippen LogP contribution in [0.2, 0.25) is 0 Å². The Labute approximate surface area is 229 Å². The summed E-state index contributed by atoms with van der Waals surface area (Å²) in [6.45, 7) is 10.3. The number of rotatable bonds is 24. The minimum atomic E-state index is 0.991. The molecule has 0 saturated heterocycles. The SMILES string of the molecule is CCCCCCCCCCCN(CCCCCCCCCCC)CCc1[nH]nnc1-c1ccc(C)cc1. The lowest BCUT2D eigenvalue weighted by atomic mass is 10.1. The molecule has 0 spiro atoms. The Morgan fingerprint density at radius 1 is 0.595 bits per heavy atom. The molecule has 0 aliphatic carbocycles. The number of aromatic nitrogens is 3. The summed E-state index contributed by atoms with van der Waals surface area (Å²) >= 11 is 0. The van der Waals surface area contributed by atoms with Crippen LogP contribution in [0.15, 0.2) is 24.3 Å². The van der Waals surface area contributed by atoms with Crippen LogP contribution < -0.4 is 0 Å². The molecule has 37 heavy (non-hydrogen) atoms. The highest BCUT2D eigenvalue weighted by molar-refractivity contribution is 5.61. The maximum Gasteiger partial charge on any atom is 0.116 e. The van der Waals surface area contributed by atoms with E-state index in [1.54, 1.807) is 0 Å². The Kier molecular flexibility index (Phi) is 18.1. The molecular weight excluding hydrogens is 452 g/mol. The molecule has 0 aliphatic heterocycles. The number of unbranched alkanes of at least 4 members (excludes halogenated alkanes) is 16. The van der Waals surface area contributed by atoms with Gasteiger partial charge in [-0.05, 0) is 32.9 Å². The van der Waals surface area contributed by atoms with Gasteiger partial charge in [-0.1, -0.05) is 152 Å². The fraction of sp³-hybridized carbons (Fsp3) is 0.758. The highest BCUT2D eigenvalue weighted by atomic mass is 15.3. The summed E-state index contributed by atoms with van der Waals surface area (Å²) in [6, 6.07) is 8.65. The summed E-state index contributed by atoms with van der Waals surface area (Å²) in [7, 11) is 0. The molecule has 0 fully saturated rings. The second-order valence-electron chi connectivity index (χ2n) is 11.3. The molecule has 210 valence electrons. The van der Waals surface area contributed by atoms with Gasteiger partial charge in [0.05, 0.1) is 5.69 Å². The van der Waals surface area contributed by atoms with E-state index in [4.69, 9.17) is 0 Å². The first-order valence-corrected chi connectivity index (χ1v) is 15.9. The van der Waals surface area contributed by atoms with Gasteiger partial charge in [-0.2, -0.15) is 0 Å². The van der Waals surface area contributed by atoms with Crippen molar-refractivity contribution in [3.05, 3.63) is 35.5 Å². The van der Waals surface area contributed by atoms with Crippen LogP contribution in [-0.2, 0) is 6.42 Å². The van der Waals surface area contributed by atoms with Gasteiger partial charge >= 0.3 is 0 Å². The number of H-pyrrole nitrogens is 1. The van der Waals surface area contributed by atoms with Crippen LogP contribution in [0.4, 0.5) is 0 Å². The van der Waals surface area contributed by atoms with Gasteiger partial charge in [0.25, 0.3) is 0 Å². The number of nitrogens with zero attached hydrogens (tertiary/aromatic N) is 3. The van der Waals surface area contributed by atoms with Gasteiger partial charge in [-0.3, -0.25) is 5.10 Å². The minimum Gasteiger partial charge on any atom is -0.303 e. The van der Waals surface area contributed by atoms with Gasteiger partial charge in [0.2, 0.25) is 0 Å². The Hall–Kier alpha value is -1.68. The largest absolute Gasteiger partial charge is 0.303 e. The molecule has 0 unspecified atom stereocenters. The number of nitrogens with one attached hydrogen (secondary N) is 1. The van der Waals surface area contributed by atoms with Gasteiger partial charge in [-0.25, -0.2) is 0 Å². The molecule has 2 aromatic rings. The van der Waals surface area contributed by atoms with Crippen molar-refractivity contribution >= 4 is 0 Å². The number of hydrogen-bond acceptors (Lipinski definition) is 3. The van der Waals surface area contributed by atoms with E-state index in [2.05, 4.69) is 65.3 Å². The second kappa shape index (κ2) is 21.3. The van der Waals surface area contributed by atoms with Crippen molar-refractivity contribution in [2.45, 2.75) is 143 Å². The summed E-state index contributed by atoms with van der Waals surface area (Å²) in [6.07, 6.45) is 26.1. The van der Waals surface area contributed by atoms with Crippen molar-refractivity contribution in [1.29, 1.82) is 0 Å². The molecule has 0 amide bonds. The van der Waals surface area contributed by atoms with Crippen LogP contribution in [0.25, 0.3) is 11.3 Å². The van der Waals surface area contributed by atoms with E-state index in [1.807, 2.05) is 0 Å². The van der Waals surface area contributed by atoms with E-state index in [-0.39, 0.29) is 0 Å². The molecule has 1 N–H and O–H groups in total. The number of benzene rings is 1. The topological polar surface area (TPSA) is 44.8 Å². The molecule has 4 heteroatoms. The van der Waals surface area contributed by atoms with Gasteiger partial charge in [0.15, 0.2) is 0 Å². The van der Waals surface area contributed by atoms with Gasteiger partial charge in [-0.15, -0.1) is 5.10 Å². The van der Waals surface area contributed by atoms with Crippen molar-refractivity contribution in [2.24, 2.45) is 0 Å². The van der Waals surface area contributed by atoms with Gasteiger partial charge in [0, 0.05) is 18.5 Å². The fourth-order valence-corrected chi connectivity index (χ4v) is 5.26. The van der Waals surface area contributed by atoms with Gasteiger partial charge in [0.1, 0.15) is 5.69 Å². The average molecular weight is 511 g/mol. The van der Waals surface area contributed by atoms with E-state index >= 15 is 0 Å². The molecule has 2 rings (SSSR count). The van der Waals surface area contributed by atoms with Gasteiger partial charge < -0.3 is 4.90 Å². The van der Waals surface area contributed by atoms with E-state index in [0.29, 0.717) is 0 Å². The first-order chi connectivity index (χ1) is 18.2. The third-order valence-electron chi connectivity index (χ3n) is 7.78. The molecule has 1 aromatic heterocycles. The van der Waals surface area contributed by atoms with Crippen molar-refractivity contribution in [2.75, 3.05) is 19.6 Å². The maximum atomic E-state index is 4.41.